The quantitative estimate of drug-likeness (QED) is 0.871. The highest BCUT2D eigenvalue weighted by molar-refractivity contribution is 5.94. The van der Waals surface area contributed by atoms with Crippen molar-refractivity contribution >= 4 is 11.8 Å². The van der Waals surface area contributed by atoms with Gasteiger partial charge >= 0.3 is 0 Å². The van der Waals surface area contributed by atoms with Crippen molar-refractivity contribution in [3.63, 3.8) is 0 Å². The van der Waals surface area contributed by atoms with Crippen LogP contribution in [0.3, 0.4) is 0 Å². The lowest BCUT2D eigenvalue weighted by Crippen LogP contribution is -2.46. The second kappa shape index (κ2) is 7.38. The van der Waals surface area contributed by atoms with Gasteiger partial charge in [0.25, 0.3) is 5.91 Å². The third-order valence-electron chi connectivity index (χ3n) is 4.49. The van der Waals surface area contributed by atoms with E-state index in [1.54, 1.807) is 17.0 Å². The molecule has 130 valence electrons. The molecule has 1 aromatic heterocycles. The smallest absolute Gasteiger partial charge is 0.251 e. The van der Waals surface area contributed by atoms with Gasteiger partial charge in [-0.1, -0.05) is 18.7 Å². The fourth-order valence-electron chi connectivity index (χ4n) is 3.02. The standard InChI is InChI=1S/C20H22N2O3/c1-3-19(23)22-12-10-17(11-13-22)21-20(24)16-7-5-15(6-8-16)18-9-4-14(2)25-18/h3-9,17H,1,10-13H2,2H3,(H,21,24). The summed E-state index contributed by atoms with van der Waals surface area (Å²) in [4.78, 5) is 25.7. The van der Waals surface area contributed by atoms with Gasteiger partial charge in [0, 0.05) is 30.3 Å². The van der Waals surface area contributed by atoms with Crippen molar-refractivity contribution in [1.82, 2.24) is 10.2 Å². The molecule has 1 aliphatic heterocycles. The normalized spacial score (nSPS) is 15.0. The van der Waals surface area contributed by atoms with E-state index >= 15 is 0 Å². The van der Waals surface area contributed by atoms with Crippen LogP contribution in [0.5, 0.6) is 0 Å². The van der Waals surface area contributed by atoms with Gasteiger partial charge in [0.1, 0.15) is 11.5 Å². The first-order valence-electron chi connectivity index (χ1n) is 8.46. The summed E-state index contributed by atoms with van der Waals surface area (Å²) in [6.45, 7) is 6.70. The molecule has 0 radical (unpaired) electrons. The number of carbonyl (C=O) groups excluding carboxylic acids is 2. The number of hydrogen-bond donors (Lipinski definition) is 1. The van der Waals surface area contributed by atoms with Crippen LogP contribution in [0, 0.1) is 6.92 Å². The fourth-order valence-corrected chi connectivity index (χ4v) is 3.02. The van der Waals surface area contributed by atoms with Crippen molar-refractivity contribution in [3.05, 3.63) is 60.4 Å². The van der Waals surface area contributed by atoms with Crippen LogP contribution in [0.1, 0.15) is 29.0 Å². The Balaban J connectivity index is 1.57. The average Bonchev–Trinajstić information content (AvgIpc) is 3.08. The zero-order valence-corrected chi connectivity index (χ0v) is 14.3. The van der Waals surface area contributed by atoms with E-state index in [2.05, 4.69) is 11.9 Å². The molecule has 1 N–H and O–H groups in total. The lowest BCUT2D eigenvalue weighted by atomic mass is 10.0. The molecule has 0 atom stereocenters. The van der Waals surface area contributed by atoms with Gasteiger partial charge in [-0.25, -0.2) is 0 Å². The van der Waals surface area contributed by atoms with E-state index in [1.165, 1.54) is 6.08 Å². The first-order chi connectivity index (χ1) is 12.1. The zero-order valence-electron chi connectivity index (χ0n) is 14.3. The summed E-state index contributed by atoms with van der Waals surface area (Å²) < 4.78 is 5.59. The van der Waals surface area contributed by atoms with E-state index in [-0.39, 0.29) is 17.9 Å². The third kappa shape index (κ3) is 3.99. The summed E-state index contributed by atoms with van der Waals surface area (Å²) in [6.07, 6.45) is 2.85. The minimum absolute atomic E-state index is 0.0477. The van der Waals surface area contributed by atoms with Crippen LogP contribution >= 0.6 is 0 Å². The number of benzene rings is 1. The van der Waals surface area contributed by atoms with Gasteiger partial charge in [0.2, 0.25) is 5.91 Å². The van der Waals surface area contributed by atoms with E-state index in [9.17, 15) is 9.59 Å². The van der Waals surface area contributed by atoms with E-state index in [0.717, 1.165) is 29.9 Å². The summed E-state index contributed by atoms with van der Waals surface area (Å²) in [6, 6.07) is 11.3. The van der Waals surface area contributed by atoms with Gasteiger partial charge in [0.05, 0.1) is 0 Å². The van der Waals surface area contributed by atoms with Crippen LogP contribution in [0.15, 0.2) is 53.5 Å². The molecule has 2 amide bonds. The lowest BCUT2D eigenvalue weighted by molar-refractivity contribution is -0.127. The van der Waals surface area contributed by atoms with Gasteiger partial charge in [-0.05, 0) is 50.1 Å². The molecule has 0 unspecified atom stereocenters. The molecule has 1 aliphatic rings. The molecule has 2 aromatic rings. The molecule has 3 rings (SSSR count). The maximum atomic E-state index is 12.4. The average molecular weight is 338 g/mol. The maximum absolute atomic E-state index is 12.4. The molecular weight excluding hydrogens is 316 g/mol. The van der Waals surface area contributed by atoms with Crippen molar-refractivity contribution in [1.29, 1.82) is 0 Å². The summed E-state index contributed by atoms with van der Waals surface area (Å²) in [5.74, 6) is 1.52. The number of nitrogens with one attached hydrogen (secondary N) is 1. The van der Waals surface area contributed by atoms with E-state index in [0.29, 0.717) is 18.7 Å². The Morgan fingerprint density at radius 2 is 1.84 bits per heavy atom. The number of nitrogens with zero attached hydrogens (tertiary/aromatic N) is 1. The summed E-state index contributed by atoms with van der Waals surface area (Å²) in [5, 5.41) is 3.05. The Morgan fingerprint density at radius 1 is 1.16 bits per heavy atom. The van der Waals surface area contributed by atoms with Crippen LogP contribution in [-0.2, 0) is 4.79 Å². The lowest BCUT2D eigenvalue weighted by Gasteiger charge is -2.31. The number of carbonyl (C=O) groups is 2. The van der Waals surface area contributed by atoms with Crippen LogP contribution in [0.2, 0.25) is 0 Å². The minimum atomic E-state index is -0.0873. The number of likely N-dealkylation sites (tertiary alicyclic amines) is 1. The predicted octanol–water partition coefficient (Wildman–Crippen LogP) is 3.16. The van der Waals surface area contributed by atoms with Gasteiger partial charge in [-0.15, -0.1) is 0 Å². The SMILES string of the molecule is C=CC(=O)N1CCC(NC(=O)c2ccc(-c3ccc(C)o3)cc2)CC1. The summed E-state index contributed by atoms with van der Waals surface area (Å²) in [5.41, 5.74) is 1.57. The first-order valence-corrected chi connectivity index (χ1v) is 8.46. The van der Waals surface area contributed by atoms with E-state index < -0.39 is 0 Å². The third-order valence-corrected chi connectivity index (χ3v) is 4.49. The van der Waals surface area contributed by atoms with Crippen LogP contribution in [-0.4, -0.2) is 35.8 Å². The van der Waals surface area contributed by atoms with Gasteiger partial charge in [-0.3, -0.25) is 9.59 Å². The second-order valence-electron chi connectivity index (χ2n) is 6.26. The highest BCUT2D eigenvalue weighted by Gasteiger charge is 2.22. The van der Waals surface area contributed by atoms with Crippen molar-refractivity contribution in [3.8, 4) is 11.3 Å². The van der Waals surface area contributed by atoms with Crippen molar-refractivity contribution in [2.24, 2.45) is 0 Å². The van der Waals surface area contributed by atoms with Crippen LogP contribution < -0.4 is 5.32 Å². The molecule has 0 saturated carbocycles. The van der Waals surface area contributed by atoms with Crippen molar-refractivity contribution in [2.45, 2.75) is 25.8 Å². The molecule has 25 heavy (non-hydrogen) atoms. The zero-order chi connectivity index (χ0) is 17.8. The molecule has 1 saturated heterocycles. The van der Waals surface area contributed by atoms with E-state index in [1.807, 2.05) is 31.2 Å². The van der Waals surface area contributed by atoms with Gasteiger partial charge < -0.3 is 14.6 Å². The summed E-state index contributed by atoms with van der Waals surface area (Å²) in [7, 11) is 0. The van der Waals surface area contributed by atoms with Crippen molar-refractivity contribution in [2.75, 3.05) is 13.1 Å². The Kier molecular flexibility index (Phi) is 5.03. The molecule has 0 bridgehead atoms. The van der Waals surface area contributed by atoms with Gasteiger partial charge in [0.15, 0.2) is 0 Å². The van der Waals surface area contributed by atoms with E-state index in [4.69, 9.17) is 4.42 Å². The number of hydrogen-bond acceptors (Lipinski definition) is 3. The fraction of sp³-hybridized carbons (Fsp3) is 0.300. The Hall–Kier alpha value is -2.82. The monoisotopic (exact) mass is 338 g/mol. The topological polar surface area (TPSA) is 62.6 Å². The molecule has 1 aromatic carbocycles. The molecule has 2 heterocycles. The molecule has 5 heteroatoms. The highest BCUT2D eigenvalue weighted by atomic mass is 16.3. The van der Waals surface area contributed by atoms with Crippen molar-refractivity contribution < 1.29 is 14.0 Å². The summed E-state index contributed by atoms with van der Waals surface area (Å²) >= 11 is 0. The first kappa shape index (κ1) is 17.0. The molecule has 0 aliphatic carbocycles. The number of rotatable bonds is 4. The second-order valence-corrected chi connectivity index (χ2v) is 6.26. The van der Waals surface area contributed by atoms with Crippen LogP contribution in [0.25, 0.3) is 11.3 Å². The number of amides is 2. The largest absolute Gasteiger partial charge is 0.461 e. The molecular formula is C20H22N2O3. The number of aryl methyl sites for hydroxylation is 1. The van der Waals surface area contributed by atoms with Gasteiger partial charge in [-0.2, -0.15) is 0 Å². The Morgan fingerprint density at radius 3 is 2.40 bits per heavy atom. The number of furan rings is 1. The predicted molar refractivity (Wildman–Crippen MR) is 96.1 cm³/mol. The maximum Gasteiger partial charge on any atom is 0.251 e. The Labute approximate surface area is 147 Å². The van der Waals surface area contributed by atoms with Crippen LogP contribution in [0.4, 0.5) is 0 Å². The minimum Gasteiger partial charge on any atom is -0.461 e. The number of piperidine rings is 1. The molecule has 0 spiro atoms. The molecule has 1 fully saturated rings. The Bertz CT molecular complexity index is 768. The molecule has 5 nitrogen and oxygen atoms in total. The highest BCUT2D eigenvalue weighted by Crippen LogP contribution is 2.22.